The smallest absolute Gasteiger partial charge is 0.382 e. The van der Waals surface area contributed by atoms with Crippen molar-refractivity contribution in [2.24, 2.45) is 7.05 Å². The lowest BCUT2D eigenvalue weighted by Crippen LogP contribution is -2.24. The Morgan fingerprint density at radius 1 is 1.19 bits per heavy atom. The lowest BCUT2D eigenvalue weighted by molar-refractivity contribution is -0.671. The Hall–Kier alpha value is -1.15. The highest BCUT2D eigenvalue weighted by Crippen LogP contribution is 1.90. The lowest BCUT2D eigenvalue weighted by atomic mass is 10.8. The normalized spacial score (nSPS) is 11.8. The molecule has 9 nitrogen and oxygen atoms in total. The molecule has 0 aliphatic rings. The Bertz CT molecular complexity index is 586. The van der Waals surface area contributed by atoms with E-state index in [4.69, 9.17) is 9.47 Å². The largest absolute Gasteiger partial charge is 0.387 e. The molecule has 0 unspecified atom stereocenters. The molecule has 1 heterocycles. The van der Waals surface area contributed by atoms with Gasteiger partial charge in [-0.1, -0.05) is 11.9 Å². The maximum Gasteiger partial charge on any atom is 0.387 e. The summed E-state index contributed by atoms with van der Waals surface area (Å²) in [5.74, 6) is 0. The molecule has 0 saturated heterocycles. The number of hydrogen-bond donors (Lipinski definition) is 1. The summed E-state index contributed by atoms with van der Waals surface area (Å²) in [7, 11) is -7.35. The second-order valence-electron chi connectivity index (χ2n) is 3.58. The van der Waals surface area contributed by atoms with Gasteiger partial charge in [0.25, 0.3) is 0 Å². The van der Waals surface area contributed by atoms with Gasteiger partial charge in [-0.2, -0.15) is 16.8 Å². The Morgan fingerprint density at radius 3 is 2.10 bits per heavy atom. The Labute approximate surface area is 121 Å². The van der Waals surface area contributed by atoms with Crippen LogP contribution in [-0.4, -0.2) is 41.7 Å². The van der Waals surface area contributed by atoms with Crippen LogP contribution in [-0.2, 0) is 44.1 Å². The Morgan fingerprint density at radius 2 is 1.76 bits per heavy atom. The first-order valence-electron chi connectivity index (χ1n) is 5.29. The number of ether oxygens (including phenoxy) is 2. The molecule has 13 heteroatoms. The van der Waals surface area contributed by atoms with Crippen LogP contribution in [0.25, 0.3) is 0 Å². The van der Waals surface area contributed by atoms with Crippen LogP contribution in [0.3, 0.4) is 0 Å². The zero-order chi connectivity index (χ0) is 16.5. The summed E-state index contributed by atoms with van der Waals surface area (Å²) >= 11 is 0. The lowest BCUT2D eigenvalue weighted by Gasteiger charge is -1.98. The van der Waals surface area contributed by atoms with Gasteiger partial charge in [-0.05, 0) is 0 Å². The van der Waals surface area contributed by atoms with Crippen molar-refractivity contribution in [2.75, 3.05) is 20.3 Å². The molecule has 0 atom stereocenters. The maximum atomic E-state index is 11.1. The van der Waals surface area contributed by atoms with E-state index in [9.17, 15) is 24.6 Å². The van der Waals surface area contributed by atoms with Gasteiger partial charge in [-0.15, -0.1) is 0 Å². The highest BCUT2D eigenvalue weighted by atomic mass is 32.3. The Balaban J connectivity index is 0.000000400. The van der Waals surface area contributed by atoms with Crippen molar-refractivity contribution < 1.29 is 38.6 Å². The van der Waals surface area contributed by atoms with E-state index in [2.05, 4.69) is 0 Å². The first-order chi connectivity index (χ1) is 9.53. The van der Waals surface area contributed by atoms with Crippen LogP contribution in [0.15, 0.2) is 18.7 Å². The third-order valence-corrected chi connectivity index (χ3v) is 3.29. The summed E-state index contributed by atoms with van der Waals surface area (Å²) in [5.41, 5.74) is 0. The van der Waals surface area contributed by atoms with E-state index in [0.29, 0.717) is 19.9 Å². The predicted molar refractivity (Wildman–Crippen MR) is 66.6 cm³/mol. The summed E-state index contributed by atoms with van der Waals surface area (Å²) in [6.07, 6.45) is 5.90. The molecule has 0 aliphatic carbocycles. The second-order valence-corrected chi connectivity index (χ2v) is 6.00. The molecule has 0 bridgehead atoms. The highest BCUT2D eigenvalue weighted by molar-refractivity contribution is 7.99. The zero-order valence-electron chi connectivity index (χ0n) is 11.3. The predicted octanol–water partition coefficient (Wildman–Crippen LogP) is -1.06. The average Bonchev–Trinajstić information content (AvgIpc) is 2.66. The average molecular weight is 352 g/mol. The summed E-state index contributed by atoms with van der Waals surface area (Å²) in [6, 6.07) is 0. The molecule has 0 saturated carbocycles. The van der Waals surface area contributed by atoms with Crippen LogP contribution in [0.2, 0.25) is 0 Å². The van der Waals surface area contributed by atoms with Crippen molar-refractivity contribution in [1.29, 1.82) is 0 Å². The van der Waals surface area contributed by atoms with Gasteiger partial charge in [0, 0.05) is 7.11 Å². The minimum atomic E-state index is -5.49. The number of aromatic nitrogens is 2. The zero-order valence-corrected chi connectivity index (χ0v) is 12.9. The van der Waals surface area contributed by atoms with E-state index in [1.807, 2.05) is 34.9 Å². The molecule has 1 aromatic rings. The number of halogens is 2. The first kappa shape index (κ1) is 19.9. The fourth-order valence-electron chi connectivity index (χ4n) is 1.01. The van der Waals surface area contributed by atoms with Crippen LogP contribution < -0.4 is 8.69 Å². The molecule has 0 amide bonds. The van der Waals surface area contributed by atoms with E-state index in [1.54, 1.807) is 7.11 Å². The van der Waals surface area contributed by atoms with Crippen LogP contribution in [0.1, 0.15) is 0 Å². The number of rotatable bonds is 7. The van der Waals surface area contributed by atoms with E-state index in [-0.39, 0.29) is 4.13 Å². The van der Waals surface area contributed by atoms with Crippen molar-refractivity contribution in [3.8, 4) is 0 Å². The standard InChI is InChI=1S/C8H15N2O2.F2HNO4S2/c1-9-3-4-10(7-9)8-12-6-5-11-2;1-8(4,5)3-9(2,6)7/h3-4,7H,5-6,8H2,1-2H3;3H/q+1;. The van der Waals surface area contributed by atoms with Crippen LogP contribution in [0.5, 0.6) is 0 Å². The number of methoxy groups -OCH3 is 1. The summed E-state index contributed by atoms with van der Waals surface area (Å²) < 4.78 is 73.4. The van der Waals surface area contributed by atoms with Gasteiger partial charge in [-0.3, -0.25) is 0 Å². The van der Waals surface area contributed by atoms with E-state index < -0.39 is 20.8 Å². The van der Waals surface area contributed by atoms with Gasteiger partial charge in [-0.25, -0.2) is 9.13 Å². The van der Waals surface area contributed by atoms with Gasteiger partial charge in [0.15, 0.2) is 6.73 Å². The van der Waals surface area contributed by atoms with Crippen molar-refractivity contribution in [1.82, 2.24) is 8.69 Å². The molecule has 1 aromatic heterocycles. The number of aryl methyl sites for hydroxylation is 1. The second kappa shape index (κ2) is 8.99. The van der Waals surface area contributed by atoms with Gasteiger partial charge < -0.3 is 9.47 Å². The Kier molecular flexibility index (Phi) is 8.50. The summed E-state index contributed by atoms with van der Waals surface area (Å²) in [5, 5.41) is 0. The molecular formula is C8H16F2N3O6S2+. The molecule has 124 valence electrons. The van der Waals surface area contributed by atoms with Crippen molar-refractivity contribution in [3.05, 3.63) is 18.7 Å². The molecule has 0 spiro atoms. The van der Waals surface area contributed by atoms with Gasteiger partial charge in [0.2, 0.25) is 6.33 Å². The highest BCUT2D eigenvalue weighted by Gasteiger charge is 2.17. The van der Waals surface area contributed by atoms with Crippen LogP contribution in [0, 0.1) is 0 Å². The maximum absolute atomic E-state index is 11.1. The summed E-state index contributed by atoms with van der Waals surface area (Å²) in [6.45, 7) is 1.87. The quantitative estimate of drug-likeness (QED) is 0.381. The van der Waals surface area contributed by atoms with Gasteiger partial charge in [0.1, 0.15) is 12.4 Å². The van der Waals surface area contributed by atoms with Crippen LogP contribution in [0.4, 0.5) is 7.77 Å². The third kappa shape index (κ3) is 13.6. The fourth-order valence-corrected chi connectivity index (χ4v) is 1.96. The number of hydrogen-bond acceptors (Lipinski definition) is 6. The minimum absolute atomic E-state index is 0.0694. The molecular weight excluding hydrogens is 336 g/mol. The minimum Gasteiger partial charge on any atom is -0.382 e. The fraction of sp³-hybridized carbons (Fsp3) is 0.625. The van der Waals surface area contributed by atoms with Crippen molar-refractivity contribution >= 4 is 20.8 Å². The van der Waals surface area contributed by atoms with Crippen LogP contribution >= 0.6 is 0 Å². The monoisotopic (exact) mass is 352 g/mol. The molecule has 0 aromatic carbocycles. The van der Waals surface area contributed by atoms with Gasteiger partial charge in [0.05, 0.1) is 20.3 Å². The molecule has 0 fully saturated rings. The molecule has 0 aliphatic heterocycles. The number of imidazole rings is 1. The van der Waals surface area contributed by atoms with E-state index in [1.165, 1.54) is 0 Å². The van der Waals surface area contributed by atoms with Gasteiger partial charge >= 0.3 is 20.8 Å². The molecule has 21 heavy (non-hydrogen) atoms. The molecule has 0 radical (unpaired) electrons. The number of nitrogens with one attached hydrogen (secondary N) is 1. The SMILES string of the molecule is COCCOCn1cc[n+](C)c1.O=S(=O)(F)NS(=O)(=O)F. The number of nitrogens with zero attached hydrogens (tertiary/aromatic N) is 2. The van der Waals surface area contributed by atoms with E-state index >= 15 is 0 Å². The topological polar surface area (TPSA) is 108 Å². The third-order valence-electron chi connectivity index (χ3n) is 1.69. The molecule has 1 N–H and O–H groups in total. The first-order valence-corrected chi connectivity index (χ1v) is 8.05. The van der Waals surface area contributed by atoms with E-state index in [0.717, 1.165) is 0 Å². The van der Waals surface area contributed by atoms with Crippen molar-refractivity contribution in [2.45, 2.75) is 6.73 Å². The van der Waals surface area contributed by atoms with Crippen molar-refractivity contribution in [3.63, 3.8) is 0 Å². The molecule has 1 rings (SSSR count). The summed E-state index contributed by atoms with van der Waals surface area (Å²) in [4.78, 5) is 0.